The number of aryl methyl sites for hydroxylation is 1. The Bertz CT molecular complexity index is 699. The fourth-order valence-electron chi connectivity index (χ4n) is 2.60. The monoisotopic (exact) mass is 319 g/mol. The summed E-state index contributed by atoms with van der Waals surface area (Å²) >= 11 is 6.20. The molecule has 116 valence electrons. The maximum atomic E-state index is 12.6. The number of rotatable bonds is 2. The molecule has 1 aliphatic heterocycles. The van der Waals surface area contributed by atoms with Gasteiger partial charge in [-0.15, -0.1) is 5.10 Å². The van der Waals surface area contributed by atoms with E-state index in [1.54, 1.807) is 10.7 Å². The minimum Gasteiger partial charge on any atom is -0.331 e. The van der Waals surface area contributed by atoms with Gasteiger partial charge in [-0.1, -0.05) is 23.7 Å². The highest BCUT2D eigenvalue weighted by atomic mass is 35.5. The molecular formula is C15H18ClN5O. The second-order valence-corrected chi connectivity index (χ2v) is 5.80. The van der Waals surface area contributed by atoms with Crippen molar-refractivity contribution >= 4 is 17.5 Å². The largest absolute Gasteiger partial charge is 0.331 e. The summed E-state index contributed by atoms with van der Waals surface area (Å²) in [6.07, 6.45) is 0. The molecular weight excluding hydrogens is 302 g/mol. The fraction of sp³-hybridized carbons (Fsp3) is 0.400. The van der Waals surface area contributed by atoms with E-state index in [1.807, 2.05) is 36.9 Å². The van der Waals surface area contributed by atoms with Crippen LogP contribution in [0.15, 0.2) is 24.3 Å². The third kappa shape index (κ3) is 2.71. The number of amides is 1. The molecule has 1 atom stereocenters. The topological polar surface area (TPSA) is 63.1 Å². The van der Waals surface area contributed by atoms with Crippen LogP contribution in [-0.4, -0.2) is 51.2 Å². The molecule has 6 nitrogen and oxygen atoms in total. The van der Waals surface area contributed by atoms with E-state index >= 15 is 0 Å². The van der Waals surface area contributed by atoms with Crippen LogP contribution in [0.3, 0.4) is 0 Å². The summed E-state index contributed by atoms with van der Waals surface area (Å²) in [5.74, 6) is 0.716. The van der Waals surface area contributed by atoms with Crippen LogP contribution in [-0.2, 0) is 0 Å². The number of hydrogen-bond donors (Lipinski definition) is 1. The van der Waals surface area contributed by atoms with Gasteiger partial charge >= 0.3 is 0 Å². The highest BCUT2D eigenvalue weighted by molar-refractivity contribution is 6.32. The van der Waals surface area contributed by atoms with E-state index < -0.39 is 0 Å². The quantitative estimate of drug-likeness (QED) is 0.914. The molecule has 3 rings (SSSR count). The molecule has 1 N–H and O–H groups in total. The molecule has 1 aromatic carbocycles. The number of nitrogens with one attached hydrogen (secondary N) is 1. The van der Waals surface area contributed by atoms with Crippen LogP contribution in [0.5, 0.6) is 0 Å². The number of piperazine rings is 1. The van der Waals surface area contributed by atoms with Gasteiger partial charge in [0.15, 0.2) is 0 Å². The van der Waals surface area contributed by atoms with E-state index in [9.17, 15) is 4.79 Å². The van der Waals surface area contributed by atoms with Crippen molar-refractivity contribution in [3.05, 3.63) is 40.9 Å². The summed E-state index contributed by atoms with van der Waals surface area (Å²) < 4.78 is 1.61. The number of halogens is 1. The normalized spacial score (nSPS) is 18.5. The van der Waals surface area contributed by atoms with Crippen LogP contribution < -0.4 is 5.32 Å². The van der Waals surface area contributed by atoms with Gasteiger partial charge in [0.25, 0.3) is 5.91 Å². The minimum absolute atomic E-state index is 0.133. The van der Waals surface area contributed by atoms with Crippen molar-refractivity contribution in [2.24, 2.45) is 0 Å². The van der Waals surface area contributed by atoms with Crippen LogP contribution >= 0.6 is 11.6 Å². The number of benzene rings is 1. The molecule has 2 aromatic rings. The number of para-hydroxylation sites is 1. The second-order valence-electron chi connectivity index (χ2n) is 5.40. The predicted octanol–water partition coefficient (Wildman–Crippen LogP) is 1.66. The molecule has 7 heteroatoms. The van der Waals surface area contributed by atoms with E-state index in [1.165, 1.54) is 0 Å². The Kier molecular flexibility index (Phi) is 4.13. The molecule has 0 unspecified atom stereocenters. The summed E-state index contributed by atoms with van der Waals surface area (Å²) in [7, 11) is 0. The smallest absolute Gasteiger partial charge is 0.293 e. The van der Waals surface area contributed by atoms with Crippen molar-refractivity contribution in [3.63, 3.8) is 0 Å². The van der Waals surface area contributed by atoms with Gasteiger partial charge in [0, 0.05) is 25.7 Å². The minimum atomic E-state index is -0.136. The fourth-order valence-corrected chi connectivity index (χ4v) is 2.82. The van der Waals surface area contributed by atoms with E-state index in [0.717, 1.165) is 18.8 Å². The van der Waals surface area contributed by atoms with Crippen LogP contribution in [0.4, 0.5) is 0 Å². The Labute approximate surface area is 134 Å². The van der Waals surface area contributed by atoms with Gasteiger partial charge in [-0.2, -0.15) is 0 Å². The van der Waals surface area contributed by atoms with Gasteiger partial charge in [-0.05, 0) is 26.0 Å². The predicted molar refractivity (Wildman–Crippen MR) is 84.5 cm³/mol. The van der Waals surface area contributed by atoms with Crippen molar-refractivity contribution < 1.29 is 4.79 Å². The SMILES string of the molecule is Cc1nc(C(=O)N2CCNC[C@@H]2C)nn1-c1ccccc1Cl. The van der Waals surface area contributed by atoms with Crippen LogP contribution in [0.2, 0.25) is 5.02 Å². The maximum absolute atomic E-state index is 12.6. The zero-order chi connectivity index (χ0) is 15.7. The summed E-state index contributed by atoms with van der Waals surface area (Å²) in [6, 6.07) is 7.51. The van der Waals surface area contributed by atoms with Gasteiger partial charge in [0.05, 0.1) is 10.7 Å². The van der Waals surface area contributed by atoms with Crippen molar-refractivity contribution in [2.45, 2.75) is 19.9 Å². The van der Waals surface area contributed by atoms with E-state index in [-0.39, 0.29) is 17.8 Å². The molecule has 0 spiro atoms. The Morgan fingerprint density at radius 2 is 2.18 bits per heavy atom. The third-order valence-corrected chi connectivity index (χ3v) is 4.12. The second kappa shape index (κ2) is 6.06. The molecule has 0 bridgehead atoms. The first kappa shape index (κ1) is 15.0. The Morgan fingerprint density at radius 3 is 2.91 bits per heavy atom. The lowest BCUT2D eigenvalue weighted by Crippen LogP contribution is -2.52. The Hall–Kier alpha value is -1.92. The van der Waals surface area contributed by atoms with E-state index in [0.29, 0.717) is 17.4 Å². The van der Waals surface area contributed by atoms with Crippen LogP contribution in [0.1, 0.15) is 23.4 Å². The molecule has 22 heavy (non-hydrogen) atoms. The molecule has 1 aromatic heterocycles. The summed E-state index contributed by atoms with van der Waals surface area (Å²) in [4.78, 5) is 18.7. The molecule has 1 amide bonds. The molecule has 1 aliphatic rings. The number of hydrogen-bond acceptors (Lipinski definition) is 4. The first-order valence-corrected chi connectivity index (χ1v) is 7.66. The standard InChI is InChI=1S/C15H18ClN5O/c1-10-9-17-7-8-20(10)15(22)14-18-11(2)21(19-14)13-6-4-3-5-12(13)16/h3-6,10,17H,7-9H2,1-2H3/t10-/m0/s1. The lowest BCUT2D eigenvalue weighted by molar-refractivity contribution is 0.0643. The number of aromatic nitrogens is 3. The summed E-state index contributed by atoms with van der Waals surface area (Å²) in [5.41, 5.74) is 0.724. The molecule has 0 saturated carbocycles. The highest BCUT2D eigenvalue weighted by Gasteiger charge is 2.27. The molecule has 2 heterocycles. The third-order valence-electron chi connectivity index (χ3n) is 3.80. The van der Waals surface area contributed by atoms with E-state index in [2.05, 4.69) is 15.4 Å². The van der Waals surface area contributed by atoms with Crippen LogP contribution in [0.25, 0.3) is 5.69 Å². The molecule has 0 aliphatic carbocycles. The van der Waals surface area contributed by atoms with E-state index in [4.69, 9.17) is 11.6 Å². The first-order valence-electron chi connectivity index (χ1n) is 7.28. The maximum Gasteiger partial charge on any atom is 0.293 e. The average Bonchev–Trinajstić information content (AvgIpc) is 2.89. The Morgan fingerprint density at radius 1 is 1.41 bits per heavy atom. The van der Waals surface area contributed by atoms with Gasteiger partial charge in [-0.25, -0.2) is 9.67 Å². The van der Waals surface area contributed by atoms with Gasteiger partial charge in [-0.3, -0.25) is 4.79 Å². The zero-order valence-electron chi connectivity index (χ0n) is 12.6. The van der Waals surface area contributed by atoms with Crippen molar-refractivity contribution in [3.8, 4) is 5.69 Å². The highest BCUT2D eigenvalue weighted by Crippen LogP contribution is 2.20. The first-order chi connectivity index (χ1) is 10.6. The van der Waals surface area contributed by atoms with Gasteiger partial charge in [0.2, 0.25) is 5.82 Å². The van der Waals surface area contributed by atoms with Gasteiger partial charge in [0.1, 0.15) is 5.82 Å². The lowest BCUT2D eigenvalue weighted by atomic mass is 10.2. The number of carbonyl (C=O) groups excluding carboxylic acids is 1. The van der Waals surface area contributed by atoms with Gasteiger partial charge < -0.3 is 10.2 Å². The molecule has 1 fully saturated rings. The van der Waals surface area contributed by atoms with Crippen molar-refractivity contribution in [2.75, 3.05) is 19.6 Å². The Balaban J connectivity index is 1.92. The number of nitrogens with zero attached hydrogens (tertiary/aromatic N) is 4. The van der Waals surface area contributed by atoms with Crippen LogP contribution in [0, 0.1) is 6.92 Å². The molecule has 0 radical (unpaired) electrons. The lowest BCUT2D eigenvalue weighted by Gasteiger charge is -2.33. The van der Waals surface area contributed by atoms with Crippen molar-refractivity contribution in [1.82, 2.24) is 25.0 Å². The average molecular weight is 320 g/mol. The summed E-state index contributed by atoms with van der Waals surface area (Å²) in [5, 5.41) is 8.20. The molecule has 1 saturated heterocycles. The van der Waals surface area contributed by atoms with Crippen molar-refractivity contribution in [1.29, 1.82) is 0 Å². The summed E-state index contributed by atoms with van der Waals surface area (Å²) in [6.45, 7) is 6.08. The zero-order valence-corrected chi connectivity index (χ0v) is 13.3. The number of carbonyl (C=O) groups is 1.